The lowest BCUT2D eigenvalue weighted by Crippen LogP contribution is -1.99. The van der Waals surface area contributed by atoms with Gasteiger partial charge in [-0.25, -0.2) is 0 Å². The monoisotopic (exact) mass is 388 g/mol. The van der Waals surface area contributed by atoms with Gasteiger partial charge in [-0.2, -0.15) is 0 Å². The quantitative estimate of drug-likeness (QED) is 0.329. The number of benzene rings is 4. The highest BCUT2D eigenvalue weighted by molar-refractivity contribution is 5.88. The minimum absolute atomic E-state index is 0.656. The Balaban J connectivity index is 1.39. The first-order valence-corrected chi connectivity index (χ1v) is 11.0. The van der Waals surface area contributed by atoms with Crippen LogP contribution in [0.25, 0.3) is 16.3 Å². The second-order valence-corrected chi connectivity index (χ2v) is 8.76. The predicted octanol–water partition coefficient (Wildman–Crippen LogP) is 7.68. The topological polar surface area (TPSA) is 0 Å². The Hall–Kier alpha value is -3.12. The summed E-state index contributed by atoms with van der Waals surface area (Å²) in [5, 5.41) is 2.69. The lowest BCUT2D eigenvalue weighted by Gasteiger charge is -2.14. The van der Waals surface area contributed by atoms with Gasteiger partial charge in [0.25, 0.3) is 0 Å². The normalized spacial score (nSPS) is 15.3. The molecule has 0 saturated carbocycles. The van der Waals surface area contributed by atoms with Crippen molar-refractivity contribution in [2.75, 3.05) is 0 Å². The Bertz CT molecular complexity index is 1210. The van der Waals surface area contributed by atoms with E-state index >= 15 is 0 Å². The van der Waals surface area contributed by atoms with Crippen LogP contribution in [0.15, 0.2) is 91.5 Å². The van der Waals surface area contributed by atoms with E-state index in [1.807, 2.05) is 0 Å². The van der Waals surface area contributed by atoms with Crippen molar-refractivity contribution in [2.45, 2.75) is 38.5 Å². The van der Waals surface area contributed by atoms with Crippen molar-refractivity contribution >= 4 is 16.3 Å². The number of allylic oxidation sites excluding steroid dienone is 1. The van der Waals surface area contributed by atoms with Crippen molar-refractivity contribution in [1.29, 1.82) is 0 Å². The second kappa shape index (κ2) is 7.95. The molecule has 1 aliphatic carbocycles. The summed E-state index contributed by atoms with van der Waals surface area (Å²) in [4.78, 5) is 0. The van der Waals surface area contributed by atoms with E-state index in [9.17, 15) is 0 Å². The summed E-state index contributed by atoms with van der Waals surface area (Å²) in [5.74, 6) is 0.656. The van der Waals surface area contributed by atoms with E-state index in [2.05, 4.69) is 98.4 Å². The standard InChI is InChI=1S/C30H28/c1-21-10-13-24(14-11-21)22(2)18-26-7-5-8-27-19-23(12-17-30(26)27)20-28-16-15-25-6-3-4-9-29(25)28/h3-14,17,19,28H,2,15-16,18,20H2,1H3/t28-/m0/s1. The van der Waals surface area contributed by atoms with Crippen LogP contribution >= 0.6 is 0 Å². The van der Waals surface area contributed by atoms with Crippen LogP contribution in [0.4, 0.5) is 0 Å². The van der Waals surface area contributed by atoms with Gasteiger partial charge in [-0.05, 0) is 82.7 Å². The molecule has 0 aliphatic heterocycles. The fraction of sp³-hybridized carbons (Fsp3) is 0.200. The van der Waals surface area contributed by atoms with Crippen molar-refractivity contribution in [2.24, 2.45) is 0 Å². The molecule has 0 aromatic heterocycles. The fourth-order valence-electron chi connectivity index (χ4n) is 4.94. The molecule has 5 rings (SSSR count). The van der Waals surface area contributed by atoms with Gasteiger partial charge in [-0.3, -0.25) is 0 Å². The van der Waals surface area contributed by atoms with E-state index in [1.54, 1.807) is 11.1 Å². The minimum atomic E-state index is 0.656. The van der Waals surface area contributed by atoms with E-state index in [1.165, 1.54) is 51.4 Å². The zero-order chi connectivity index (χ0) is 20.5. The predicted molar refractivity (Wildman–Crippen MR) is 129 cm³/mol. The lowest BCUT2D eigenvalue weighted by molar-refractivity contribution is 0.675. The summed E-state index contributed by atoms with van der Waals surface area (Å²) in [7, 11) is 0. The molecule has 0 bridgehead atoms. The van der Waals surface area contributed by atoms with Gasteiger partial charge in [-0.1, -0.05) is 97.1 Å². The third-order valence-electron chi connectivity index (χ3n) is 6.64. The maximum absolute atomic E-state index is 4.36. The molecular weight excluding hydrogens is 360 g/mol. The van der Waals surface area contributed by atoms with Crippen LogP contribution in [0.1, 0.15) is 45.7 Å². The van der Waals surface area contributed by atoms with Crippen LogP contribution in [0, 0.1) is 6.92 Å². The number of fused-ring (bicyclic) bond motifs is 2. The zero-order valence-electron chi connectivity index (χ0n) is 17.7. The first kappa shape index (κ1) is 18.9. The van der Waals surface area contributed by atoms with Crippen LogP contribution in [0.2, 0.25) is 0 Å². The van der Waals surface area contributed by atoms with Crippen LogP contribution in [0.5, 0.6) is 0 Å². The highest BCUT2D eigenvalue weighted by Gasteiger charge is 2.22. The summed E-state index contributed by atoms with van der Waals surface area (Å²) in [6.45, 7) is 6.49. The molecular formula is C30H28. The molecule has 0 fully saturated rings. The first-order chi connectivity index (χ1) is 14.7. The summed E-state index contributed by atoms with van der Waals surface area (Å²) < 4.78 is 0. The van der Waals surface area contributed by atoms with Gasteiger partial charge in [0, 0.05) is 0 Å². The van der Waals surface area contributed by atoms with Gasteiger partial charge < -0.3 is 0 Å². The second-order valence-electron chi connectivity index (χ2n) is 8.76. The molecule has 0 heterocycles. The maximum atomic E-state index is 4.36. The average Bonchev–Trinajstić information content (AvgIpc) is 3.17. The van der Waals surface area contributed by atoms with Gasteiger partial charge in [-0.15, -0.1) is 0 Å². The van der Waals surface area contributed by atoms with E-state index in [0.29, 0.717) is 5.92 Å². The molecule has 0 N–H and O–H groups in total. The highest BCUT2D eigenvalue weighted by Crippen LogP contribution is 2.36. The molecule has 1 atom stereocenters. The molecule has 0 amide bonds. The molecule has 0 heteroatoms. The maximum Gasteiger partial charge on any atom is -0.00196 e. The van der Waals surface area contributed by atoms with E-state index in [0.717, 1.165) is 12.8 Å². The van der Waals surface area contributed by atoms with Crippen LogP contribution in [-0.2, 0) is 19.3 Å². The van der Waals surface area contributed by atoms with Gasteiger partial charge in [0.2, 0.25) is 0 Å². The van der Waals surface area contributed by atoms with Gasteiger partial charge in [0.15, 0.2) is 0 Å². The van der Waals surface area contributed by atoms with Gasteiger partial charge in [0.05, 0.1) is 0 Å². The average molecular weight is 389 g/mol. The van der Waals surface area contributed by atoms with E-state index in [-0.39, 0.29) is 0 Å². The van der Waals surface area contributed by atoms with Crippen molar-refractivity contribution in [3.63, 3.8) is 0 Å². The van der Waals surface area contributed by atoms with Crippen molar-refractivity contribution in [1.82, 2.24) is 0 Å². The van der Waals surface area contributed by atoms with Crippen LogP contribution in [0.3, 0.4) is 0 Å². The molecule has 1 aliphatic rings. The molecule has 0 spiro atoms. The third kappa shape index (κ3) is 3.71. The molecule has 4 aromatic rings. The van der Waals surface area contributed by atoms with E-state index < -0.39 is 0 Å². The largest absolute Gasteiger partial charge is 0.0949 e. The number of aryl methyl sites for hydroxylation is 2. The van der Waals surface area contributed by atoms with Crippen molar-refractivity contribution in [3.05, 3.63) is 125 Å². The Morgan fingerprint density at radius 2 is 1.73 bits per heavy atom. The number of hydrogen-bond donors (Lipinski definition) is 0. The smallest absolute Gasteiger partial charge is 0.00196 e. The van der Waals surface area contributed by atoms with Crippen LogP contribution in [-0.4, -0.2) is 0 Å². The number of rotatable bonds is 5. The Morgan fingerprint density at radius 3 is 2.60 bits per heavy atom. The molecule has 0 radical (unpaired) electrons. The van der Waals surface area contributed by atoms with Crippen LogP contribution < -0.4 is 0 Å². The molecule has 4 aromatic carbocycles. The molecule has 30 heavy (non-hydrogen) atoms. The van der Waals surface area contributed by atoms with Gasteiger partial charge in [0.1, 0.15) is 0 Å². The molecule has 148 valence electrons. The summed E-state index contributed by atoms with van der Waals surface area (Å²) in [6, 6.07) is 31.4. The van der Waals surface area contributed by atoms with Crippen molar-refractivity contribution < 1.29 is 0 Å². The Labute approximate surface area is 179 Å². The molecule has 0 saturated heterocycles. The highest BCUT2D eigenvalue weighted by atomic mass is 14.3. The van der Waals surface area contributed by atoms with Gasteiger partial charge >= 0.3 is 0 Å². The fourth-order valence-corrected chi connectivity index (χ4v) is 4.94. The zero-order valence-corrected chi connectivity index (χ0v) is 17.7. The Morgan fingerprint density at radius 1 is 0.900 bits per heavy atom. The minimum Gasteiger partial charge on any atom is -0.0949 e. The first-order valence-electron chi connectivity index (χ1n) is 11.0. The number of hydrogen-bond acceptors (Lipinski definition) is 0. The summed E-state index contributed by atoms with van der Waals surface area (Å²) in [6.07, 6.45) is 4.51. The third-order valence-corrected chi connectivity index (χ3v) is 6.64. The Kier molecular flexibility index (Phi) is 5.01. The molecule has 0 nitrogen and oxygen atoms in total. The summed E-state index contributed by atoms with van der Waals surface area (Å²) >= 11 is 0. The lowest BCUT2D eigenvalue weighted by atomic mass is 9.91. The SMILES string of the molecule is C=C(Cc1cccc2cc(C[C@@H]3CCc4ccccc43)ccc12)c1ccc(C)cc1. The molecule has 0 unspecified atom stereocenters. The summed E-state index contributed by atoms with van der Waals surface area (Å²) in [5.41, 5.74) is 9.59. The van der Waals surface area contributed by atoms with Crippen molar-refractivity contribution in [3.8, 4) is 0 Å². The van der Waals surface area contributed by atoms with E-state index in [4.69, 9.17) is 0 Å².